The van der Waals surface area contributed by atoms with Crippen molar-refractivity contribution in [3.05, 3.63) is 23.8 Å². The molecular weight excluding hydrogens is 122 g/mol. The van der Waals surface area contributed by atoms with E-state index in [1.807, 2.05) is 0 Å². The van der Waals surface area contributed by atoms with Gasteiger partial charge in [0, 0.05) is 6.54 Å². The third kappa shape index (κ3) is 2.36. The molecule has 0 fully saturated rings. The van der Waals surface area contributed by atoms with Crippen LogP contribution in [0.2, 0.25) is 0 Å². The van der Waals surface area contributed by atoms with Gasteiger partial charge in [0.25, 0.3) is 0 Å². The molecule has 10 heavy (non-hydrogen) atoms. The first-order valence-corrected chi connectivity index (χ1v) is 3.98. The molecule has 0 atom stereocenters. The first-order valence-electron chi connectivity index (χ1n) is 3.98. The Balaban J connectivity index is 2.49. The summed E-state index contributed by atoms with van der Waals surface area (Å²) in [6, 6.07) is 0. The number of nitrogens with two attached hydrogens (primary N) is 1. The predicted molar refractivity (Wildman–Crippen MR) is 44.7 cm³/mol. The fourth-order valence-corrected chi connectivity index (χ4v) is 1.17. The molecule has 0 spiro atoms. The first-order chi connectivity index (χ1) is 4.93. The summed E-state index contributed by atoms with van der Waals surface area (Å²) in [4.78, 5) is 0. The molecule has 0 aromatic heterocycles. The van der Waals surface area contributed by atoms with Crippen molar-refractivity contribution in [2.24, 2.45) is 5.73 Å². The predicted octanol–water partition coefficient (Wildman–Crippen LogP) is 2.00. The van der Waals surface area contributed by atoms with Gasteiger partial charge in [0.05, 0.1) is 0 Å². The lowest BCUT2D eigenvalue weighted by Gasteiger charge is -2.04. The minimum atomic E-state index is 0.727. The summed E-state index contributed by atoms with van der Waals surface area (Å²) in [6.07, 6.45) is 11.5. The fourth-order valence-electron chi connectivity index (χ4n) is 1.17. The first kappa shape index (κ1) is 7.55. The third-order valence-corrected chi connectivity index (χ3v) is 1.85. The highest BCUT2D eigenvalue weighted by atomic mass is 14.5. The molecular formula is C9H15N. The Morgan fingerprint density at radius 1 is 1.40 bits per heavy atom. The minimum absolute atomic E-state index is 0.727. The molecule has 0 saturated heterocycles. The smallest absolute Gasteiger partial charge is 0.0139 e. The van der Waals surface area contributed by atoms with Crippen molar-refractivity contribution in [3.8, 4) is 0 Å². The van der Waals surface area contributed by atoms with E-state index in [1.54, 1.807) is 0 Å². The monoisotopic (exact) mass is 137 g/mol. The highest BCUT2D eigenvalue weighted by Crippen LogP contribution is 2.11. The van der Waals surface area contributed by atoms with Crippen molar-refractivity contribution in [2.75, 3.05) is 6.54 Å². The summed E-state index contributed by atoms with van der Waals surface area (Å²) in [5.74, 6) is 0. The second-order valence-electron chi connectivity index (χ2n) is 2.70. The topological polar surface area (TPSA) is 26.0 Å². The lowest BCUT2D eigenvalue weighted by atomic mass is 10.0. The standard InChI is InChI=1S/C9H15N/c10-8-9-6-4-2-1-3-5-7-9/h2,4,6H,1,3,5,7-8,10H2/b4-2-,9-6+. The Morgan fingerprint density at radius 2 is 2.30 bits per heavy atom. The molecule has 1 heteroatoms. The third-order valence-electron chi connectivity index (χ3n) is 1.85. The van der Waals surface area contributed by atoms with Gasteiger partial charge >= 0.3 is 0 Å². The average Bonchev–Trinajstić information content (AvgIpc) is 1.87. The summed E-state index contributed by atoms with van der Waals surface area (Å²) in [5, 5.41) is 0. The number of allylic oxidation sites excluding steroid dienone is 3. The molecule has 56 valence electrons. The molecule has 0 amide bonds. The van der Waals surface area contributed by atoms with Crippen LogP contribution < -0.4 is 5.73 Å². The molecule has 0 aliphatic heterocycles. The summed E-state index contributed by atoms with van der Waals surface area (Å²) in [6.45, 7) is 0.727. The van der Waals surface area contributed by atoms with Crippen molar-refractivity contribution < 1.29 is 0 Å². The van der Waals surface area contributed by atoms with E-state index >= 15 is 0 Å². The lowest BCUT2D eigenvalue weighted by molar-refractivity contribution is 0.728. The van der Waals surface area contributed by atoms with Gasteiger partial charge in [-0.1, -0.05) is 23.8 Å². The molecule has 0 radical (unpaired) electrons. The summed E-state index contributed by atoms with van der Waals surface area (Å²) in [5.41, 5.74) is 6.91. The van der Waals surface area contributed by atoms with E-state index in [0.717, 1.165) is 6.54 Å². The van der Waals surface area contributed by atoms with Crippen LogP contribution in [0.5, 0.6) is 0 Å². The van der Waals surface area contributed by atoms with E-state index in [2.05, 4.69) is 18.2 Å². The maximum atomic E-state index is 5.52. The Morgan fingerprint density at radius 3 is 3.10 bits per heavy atom. The second kappa shape index (κ2) is 4.29. The number of hydrogen-bond donors (Lipinski definition) is 1. The van der Waals surface area contributed by atoms with Gasteiger partial charge in [0.15, 0.2) is 0 Å². The van der Waals surface area contributed by atoms with Gasteiger partial charge in [-0.2, -0.15) is 0 Å². The van der Waals surface area contributed by atoms with Crippen LogP contribution in [-0.4, -0.2) is 6.54 Å². The van der Waals surface area contributed by atoms with Gasteiger partial charge in [-0.25, -0.2) is 0 Å². The van der Waals surface area contributed by atoms with E-state index in [1.165, 1.54) is 31.3 Å². The molecule has 0 saturated carbocycles. The lowest BCUT2D eigenvalue weighted by Crippen LogP contribution is -2.03. The van der Waals surface area contributed by atoms with Crippen molar-refractivity contribution in [1.29, 1.82) is 0 Å². The highest BCUT2D eigenvalue weighted by Gasteiger charge is 1.95. The summed E-state index contributed by atoms with van der Waals surface area (Å²) < 4.78 is 0. The fraction of sp³-hybridized carbons (Fsp3) is 0.556. The van der Waals surface area contributed by atoms with E-state index in [9.17, 15) is 0 Å². The van der Waals surface area contributed by atoms with Crippen molar-refractivity contribution >= 4 is 0 Å². The van der Waals surface area contributed by atoms with Gasteiger partial charge in [0.2, 0.25) is 0 Å². The number of hydrogen-bond acceptors (Lipinski definition) is 1. The molecule has 2 N–H and O–H groups in total. The Labute approximate surface area is 62.6 Å². The summed E-state index contributed by atoms with van der Waals surface area (Å²) in [7, 11) is 0. The van der Waals surface area contributed by atoms with Crippen LogP contribution >= 0.6 is 0 Å². The van der Waals surface area contributed by atoms with E-state index in [-0.39, 0.29) is 0 Å². The zero-order chi connectivity index (χ0) is 7.23. The molecule has 1 aliphatic carbocycles. The SMILES string of the molecule is NC/C1=C/C=C\CCCC1. The van der Waals surface area contributed by atoms with Crippen molar-refractivity contribution in [3.63, 3.8) is 0 Å². The maximum absolute atomic E-state index is 5.52. The molecule has 1 nitrogen and oxygen atoms in total. The van der Waals surface area contributed by atoms with Gasteiger partial charge in [-0.15, -0.1) is 0 Å². The van der Waals surface area contributed by atoms with Crippen LogP contribution in [0.25, 0.3) is 0 Å². The van der Waals surface area contributed by atoms with E-state index < -0.39 is 0 Å². The molecule has 0 aromatic rings. The molecule has 0 unspecified atom stereocenters. The zero-order valence-electron chi connectivity index (χ0n) is 6.34. The molecule has 0 bridgehead atoms. The van der Waals surface area contributed by atoms with Crippen LogP contribution in [-0.2, 0) is 0 Å². The molecule has 0 heterocycles. The average molecular weight is 137 g/mol. The second-order valence-corrected chi connectivity index (χ2v) is 2.70. The van der Waals surface area contributed by atoms with Crippen molar-refractivity contribution in [1.82, 2.24) is 0 Å². The highest BCUT2D eigenvalue weighted by molar-refractivity contribution is 5.14. The molecule has 1 rings (SSSR count). The Kier molecular flexibility index (Phi) is 3.23. The quantitative estimate of drug-likeness (QED) is 0.587. The largest absolute Gasteiger partial charge is 0.327 e. The summed E-state index contributed by atoms with van der Waals surface area (Å²) >= 11 is 0. The van der Waals surface area contributed by atoms with Crippen molar-refractivity contribution in [2.45, 2.75) is 25.7 Å². The molecule has 0 aromatic carbocycles. The van der Waals surface area contributed by atoms with Gasteiger partial charge < -0.3 is 5.73 Å². The van der Waals surface area contributed by atoms with Gasteiger partial charge in [-0.05, 0) is 25.7 Å². The molecule has 1 aliphatic rings. The van der Waals surface area contributed by atoms with E-state index in [0.29, 0.717) is 0 Å². The van der Waals surface area contributed by atoms with Crippen LogP contribution in [0.1, 0.15) is 25.7 Å². The van der Waals surface area contributed by atoms with Gasteiger partial charge in [-0.3, -0.25) is 0 Å². The van der Waals surface area contributed by atoms with E-state index in [4.69, 9.17) is 5.73 Å². The van der Waals surface area contributed by atoms with Crippen LogP contribution in [0.3, 0.4) is 0 Å². The van der Waals surface area contributed by atoms with Gasteiger partial charge in [0.1, 0.15) is 0 Å². The Bertz CT molecular complexity index is 145. The number of rotatable bonds is 1. The van der Waals surface area contributed by atoms with Crippen LogP contribution in [0, 0.1) is 0 Å². The normalized spacial score (nSPS) is 27.9. The van der Waals surface area contributed by atoms with Crippen LogP contribution in [0.4, 0.5) is 0 Å². The minimum Gasteiger partial charge on any atom is -0.327 e. The van der Waals surface area contributed by atoms with Crippen LogP contribution in [0.15, 0.2) is 23.8 Å². The Hall–Kier alpha value is -0.560. The maximum Gasteiger partial charge on any atom is 0.0139 e. The zero-order valence-corrected chi connectivity index (χ0v) is 6.34.